The molecule has 0 radical (unpaired) electrons. The van der Waals surface area contributed by atoms with Crippen molar-refractivity contribution in [1.29, 1.82) is 0 Å². The third-order valence-electron chi connectivity index (χ3n) is 6.29. The highest BCUT2D eigenvalue weighted by Gasteiger charge is 2.20. The number of aromatic carboxylic acids is 1. The van der Waals surface area contributed by atoms with Crippen LogP contribution in [0.5, 0.6) is 0 Å². The lowest BCUT2D eigenvalue weighted by molar-refractivity contribution is -0.00397. The molecule has 0 bridgehead atoms. The molecule has 3 aromatic carbocycles. The summed E-state index contributed by atoms with van der Waals surface area (Å²) in [6, 6.07) is 21.8. The van der Waals surface area contributed by atoms with Crippen molar-refractivity contribution in [2.75, 3.05) is 13.2 Å². The van der Waals surface area contributed by atoms with Crippen LogP contribution in [0, 0.1) is 13.8 Å². The van der Waals surface area contributed by atoms with Gasteiger partial charge in [-0.3, -0.25) is 0 Å². The molecule has 5 heteroatoms. The Bertz CT molecular complexity index is 1140. The molecular formula is C30H37NO4. The molecule has 0 saturated carbocycles. The highest BCUT2D eigenvalue weighted by Crippen LogP contribution is 2.31. The van der Waals surface area contributed by atoms with E-state index >= 15 is 0 Å². The quantitative estimate of drug-likeness (QED) is 0.331. The average molecular weight is 476 g/mol. The van der Waals surface area contributed by atoms with Crippen LogP contribution in [0.3, 0.4) is 0 Å². The minimum Gasteiger partial charge on any atom is -0.478 e. The summed E-state index contributed by atoms with van der Waals surface area (Å²) in [5, 5.41) is 23.4. The van der Waals surface area contributed by atoms with Crippen LogP contribution in [-0.2, 0) is 11.2 Å². The number of rotatable bonds is 11. The lowest BCUT2D eigenvalue weighted by Crippen LogP contribution is -2.46. The van der Waals surface area contributed by atoms with Crippen LogP contribution >= 0.6 is 0 Å². The minimum atomic E-state index is -0.927. The Labute approximate surface area is 208 Å². The second-order valence-corrected chi connectivity index (χ2v) is 9.98. The van der Waals surface area contributed by atoms with Gasteiger partial charge in [-0.1, -0.05) is 66.2 Å². The molecule has 0 saturated heterocycles. The van der Waals surface area contributed by atoms with Crippen LogP contribution in [0.1, 0.15) is 59.5 Å². The predicted octanol–water partition coefficient (Wildman–Crippen LogP) is 5.72. The number of aryl methyl sites for hydroxylation is 2. The minimum absolute atomic E-state index is 0.158. The maximum atomic E-state index is 11.4. The molecule has 35 heavy (non-hydrogen) atoms. The number of β-amino-alcohol motifs (C(OH)–C–C–N with tert-alkyl or cyclic N) is 1. The fourth-order valence-corrected chi connectivity index (χ4v) is 4.26. The normalized spacial score (nSPS) is 13.4. The Morgan fingerprint density at radius 3 is 2.37 bits per heavy atom. The van der Waals surface area contributed by atoms with Gasteiger partial charge in [-0.05, 0) is 74.9 Å². The number of benzene rings is 3. The van der Waals surface area contributed by atoms with Gasteiger partial charge in [0, 0.05) is 12.1 Å². The lowest BCUT2D eigenvalue weighted by atomic mass is 9.94. The van der Waals surface area contributed by atoms with E-state index in [0.29, 0.717) is 17.7 Å². The highest BCUT2D eigenvalue weighted by molar-refractivity contribution is 5.90. The second-order valence-electron chi connectivity index (χ2n) is 9.98. The van der Waals surface area contributed by atoms with E-state index in [2.05, 4.69) is 50.4 Å². The fourth-order valence-electron chi connectivity index (χ4n) is 4.26. The number of aliphatic hydroxyl groups is 1. The molecule has 0 heterocycles. The van der Waals surface area contributed by atoms with E-state index in [9.17, 15) is 15.0 Å². The van der Waals surface area contributed by atoms with Crippen molar-refractivity contribution < 1.29 is 19.7 Å². The van der Waals surface area contributed by atoms with E-state index in [4.69, 9.17) is 4.74 Å². The molecule has 0 fully saturated rings. The number of carboxylic acids is 1. The Balaban J connectivity index is 1.58. The van der Waals surface area contributed by atoms with Gasteiger partial charge >= 0.3 is 5.97 Å². The molecule has 3 rings (SSSR count). The number of hydrogen-bond donors (Lipinski definition) is 3. The van der Waals surface area contributed by atoms with Crippen molar-refractivity contribution in [1.82, 2.24) is 5.32 Å². The number of carbonyl (C=O) groups is 1. The molecule has 2 unspecified atom stereocenters. The smallest absolute Gasteiger partial charge is 0.335 e. The van der Waals surface area contributed by atoms with Crippen LogP contribution < -0.4 is 5.32 Å². The van der Waals surface area contributed by atoms with E-state index < -0.39 is 12.1 Å². The van der Waals surface area contributed by atoms with E-state index in [1.54, 1.807) is 13.0 Å². The van der Waals surface area contributed by atoms with E-state index in [1.165, 1.54) is 11.1 Å². The molecule has 3 N–H and O–H groups in total. The van der Waals surface area contributed by atoms with Crippen molar-refractivity contribution in [3.05, 3.63) is 94.5 Å². The summed E-state index contributed by atoms with van der Waals surface area (Å²) >= 11 is 0. The highest BCUT2D eigenvalue weighted by atomic mass is 16.5. The maximum absolute atomic E-state index is 11.4. The molecule has 2 atom stereocenters. The van der Waals surface area contributed by atoms with E-state index in [0.717, 1.165) is 23.1 Å². The molecule has 5 nitrogen and oxygen atoms in total. The van der Waals surface area contributed by atoms with E-state index in [-0.39, 0.29) is 18.2 Å². The Morgan fingerprint density at radius 1 is 1.03 bits per heavy atom. The fraction of sp³-hybridized carbons (Fsp3) is 0.367. The van der Waals surface area contributed by atoms with Gasteiger partial charge in [0.25, 0.3) is 0 Å². The molecule has 0 aliphatic heterocycles. The Kier molecular flexibility index (Phi) is 8.84. The molecular weight excluding hydrogens is 438 g/mol. The molecule has 0 spiro atoms. The Morgan fingerprint density at radius 2 is 1.71 bits per heavy atom. The Hall–Kier alpha value is -2.99. The van der Waals surface area contributed by atoms with Crippen molar-refractivity contribution >= 4 is 5.97 Å². The molecule has 0 aromatic heterocycles. The SMILES string of the molecule is Cc1ccc(CC(C)(C)NCC(O)COC(C)c2ccccc2-c2ccc(C(=O)O)c(C)c2)cc1. The lowest BCUT2D eigenvalue weighted by Gasteiger charge is -2.28. The molecule has 0 aliphatic rings. The van der Waals surface area contributed by atoms with Gasteiger partial charge in [0.1, 0.15) is 0 Å². The van der Waals surface area contributed by atoms with Gasteiger partial charge in [-0.2, -0.15) is 0 Å². The van der Waals surface area contributed by atoms with Crippen molar-refractivity contribution in [2.24, 2.45) is 0 Å². The van der Waals surface area contributed by atoms with Crippen LogP contribution in [0.2, 0.25) is 0 Å². The summed E-state index contributed by atoms with van der Waals surface area (Å²) in [7, 11) is 0. The summed E-state index contributed by atoms with van der Waals surface area (Å²) in [6.07, 6.45) is -0.00932. The summed E-state index contributed by atoms with van der Waals surface area (Å²) in [4.78, 5) is 11.4. The van der Waals surface area contributed by atoms with Gasteiger partial charge in [0.2, 0.25) is 0 Å². The molecule has 3 aromatic rings. The van der Waals surface area contributed by atoms with Gasteiger partial charge in [-0.25, -0.2) is 4.79 Å². The maximum Gasteiger partial charge on any atom is 0.335 e. The molecule has 186 valence electrons. The van der Waals surface area contributed by atoms with Gasteiger partial charge in [0.05, 0.1) is 24.4 Å². The number of carboxylic acid groups (broad SMARTS) is 1. The first-order valence-electron chi connectivity index (χ1n) is 12.1. The topological polar surface area (TPSA) is 78.8 Å². The summed E-state index contributed by atoms with van der Waals surface area (Å²) in [5.41, 5.74) is 6.30. The van der Waals surface area contributed by atoms with Crippen LogP contribution in [-0.4, -0.2) is 41.0 Å². The largest absolute Gasteiger partial charge is 0.478 e. The first kappa shape index (κ1) is 26.6. The summed E-state index contributed by atoms with van der Waals surface area (Å²) in [6.45, 7) is 10.8. The third-order valence-corrected chi connectivity index (χ3v) is 6.29. The monoisotopic (exact) mass is 475 g/mol. The molecule has 0 amide bonds. The van der Waals surface area contributed by atoms with Gasteiger partial charge in [-0.15, -0.1) is 0 Å². The van der Waals surface area contributed by atoms with Crippen molar-refractivity contribution in [2.45, 2.75) is 58.8 Å². The average Bonchev–Trinajstić information content (AvgIpc) is 2.82. The number of hydrogen-bond acceptors (Lipinski definition) is 4. The molecule has 0 aliphatic carbocycles. The summed E-state index contributed by atoms with van der Waals surface area (Å²) in [5.74, 6) is -0.927. The third kappa shape index (κ3) is 7.49. The first-order chi connectivity index (χ1) is 16.6. The van der Waals surface area contributed by atoms with Crippen molar-refractivity contribution in [3.8, 4) is 11.1 Å². The van der Waals surface area contributed by atoms with Crippen LogP contribution in [0.15, 0.2) is 66.7 Å². The van der Waals surface area contributed by atoms with Gasteiger partial charge < -0.3 is 20.3 Å². The van der Waals surface area contributed by atoms with Crippen LogP contribution in [0.25, 0.3) is 11.1 Å². The van der Waals surface area contributed by atoms with Crippen molar-refractivity contribution in [3.63, 3.8) is 0 Å². The summed E-state index contributed by atoms with van der Waals surface area (Å²) < 4.78 is 6.06. The number of aliphatic hydroxyl groups excluding tert-OH is 1. The van der Waals surface area contributed by atoms with Crippen LogP contribution in [0.4, 0.5) is 0 Å². The predicted molar refractivity (Wildman–Crippen MR) is 141 cm³/mol. The zero-order valence-corrected chi connectivity index (χ0v) is 21.3. The second kappa shape index (κ2) is 11.6. The van der Waals surface area contributed by atoms with Gasteiger partial charge in [0.15, 0.2) is 0 Å². The van der Waals surface area contributed by atoms with E-state index in [1.807, 2.05) is 43.3 Å². The standard InChI is InChI=1S/C30H37NO4/c1-20-10-12-23(13-11-20)17-30(4,5)31-18-25(32)19-35-22(3)27-8-6-7-9-28(27)24-14-15-26(29(33)34)21(2)16-24/h6-16,22,25,31-32H,17-19H2,1-5H3,(H,33,34). The number of ether oxygens (including phenoxy) is 1. The first-order valence-corrected chi connectivity index (χ1v) is 12.1. The zero-order valence-electron chi connectivity index (χ0n) is 21.3. The zero-order chi connectivity index (χ0) is 25.6. The number of nitrogens with one attached hydrogen (secondary N) is 1.